The van der Waals surface area contributed by atoms with Crippen LogP contribution in [0.15, 0.2) is 47.8 Å². The summed E-state index contributed by atoms with van der Waals surface area (Å²) in [6.45, 7) is 7.34. The summed E-state index contributed by atoms with van der Waals surface area (Å²) in [5.41, 5.74) is 29.0. The molecule has 454 valence electrons. The lowest BCUT2D eigenvalue weighted by Gasteiger charge is -2.29. The Morgan fingerprint density at radius 3 is 1.84 bits per heavy atom. The number of amides is 9. The van der Waals surface area contributed by atoms with E-state index in [9.17, 15) is 63.0 Å². The third kappa shape index (κ3) is 23.5. The Labute approximate surface area is 476 Å². The lowest BCUT2D eigenvalue weighted by Crippen LogP contribution is -2.61. The highest BCUT2D eigenvalue weighted by molar-refractivity contribution is 5.99. The van der Waals surface area contributed by atoms with Crippen LogP contribution in [0.1, 0.15) is 116 Å². The van der Waals surface area contributed by atoms with E-state index in [1.54, 1.807) is 58.0 Å². The van der Waals surface area contributed by atoms with Crippen LogP contribution in [0.25, 0.3) is 0 Å². The lowest BCUT2D eigenvalue weighted by molar-refractivity contribution is -0.144. The molecule has 3 rings (SSSR count). The number of aromatic amines is 1. The number of hydrogen-bond acceptors (Lipinski definition) is 15. The number of hydrogen-bond donors (Lipinski definition) is 15. The fourth-order valence-electron chi connectivity index (χ4n) is 9.01. The number of aliphatic imine (C=N–C) groups is 1. The molecule has 1 aromatic carbocycles. The number of unbranched alkanes of at least 4 members (excludes halogenated alkanes) is 1. The molecular weight excluding hydrogens is 1070 g/mol. The zero-order valence-corrected chi connectivity index (χ0v) is 47.0. The van der Waals surface area contributed by atoms with E-state index in [2.05, 4.69) is 52.2 Å². The van der Waals surface area contributed by atoms with E-state index >= 15 is 0 Å². The molecule has 2 heterocycles. The number of imidazole rings is 1. The molecule has 2 aromatic rings. The minimum atomic E-state index is -1.88. The Balaban J connectivity index is 1.92. The largest absolute Gasteiger partial charge is 0.481 e. The number of rotatable bonds is 37. The normalized spacial score (nSPS) is 16.3. The second kappa shape index (κ2) is 34.8. The predicted molar refractivity (Wildman–Crippen MR) is 299 cm³/mol. The van der Waals surface area contributed by atoms with Crippen molar-refractivity contribution in [2.75, 3.05) is 19.6 Å². The fraction of sp³-hybridized carbons (Fsp3) is 0.604. The molecule has 0 spiro atoms. The van der Waals surface area contributed by atoms with Crippen LogP contribution in [0.3, 0.4) is 0 Å². The molecule has 29 heteroatoms. The monoisotopic (exact) mass is 1150 g/mol. The standard InChI is InChI=1S/C53H84N16O13/c1-5-30(4)43(52(81)82)68-45(74)35(16-11-21-60-53(57)58)63-48(77)38(25-32-27-59-28-61-32)65-49(78)39(26-42(71)72)66-44(73)34(15-9-10-20-54)62-46(75)36(23-29(2)3)64-47(76)37(24-31-13-7-6-8-14-31)67-50(79)40-17-12-22-69(40)51(80)33(55)18-19-41(56)70/h6-8,13-14,27-30,33-40,43H,5,9-12,15-26,54-55H2,1-4H3,(H2,56,70)(H,59,61)(H,62,75)(H,63,77)(H,64,76)(H,65,78)(H,66,73)(H,67,79)(H,68,74)(H,71,72)(H,81,82)(H4,57,58,60)/t30-,33-,34-,35-,36-,37-,38-,39-,40-,43-/m0/s1. The molecule has 0 bridgehead atoms. The zero-order chi connectivity index (χ0) is 61.1. The molecule has 9 amide bonds. The lowest BCUT2D eigenvalue weighted by atomic mass is 9.98. The number of benzene rings is 1. The molecule has 1 aliphatic heterocycles. The van der Waals surface area contributed by atoms with Gasteiger partial charge >= 0.3 is 11.9 Å². The number of nitrogens with zero attached hydrogens (tertiary/aromatic N) is 3. The first kappa shape index (κ1) is 68.1. The van der Waals surface area contributed by atoms with Gasteiger partial charge in [-0.05, 0) is 81.7 Å². The number of carboxylic acids is 2. The van der Waals surface area contributed by atoms with Gasteiger partial charge in [0.1, 0.15) is 48.3 Å². The average Bonchev–Trinajstić information content (AvgIpc) is 4.24. The van der Waals surface area contributed by atoms with Crippen LogP contribution in [0.4, 0.5) is 0 Å². The van der Waals surface area contributed by atoms with Crippen molar-refractivity contribution in [2.45, 2.75) is 172 Å². The van der Waals surface area contributed by atoms with E-state index in [1.807, 2.05) is 0 Å². The number of aliphatic carboxylic acids is 2. The van der Waals surface area contributed by atoms with Gasteiger partial charge in [-0.25, -0.2) is 9.78 Å². The van der Waals surface area contributed by atoms with E-state index in [0.717, 1.165) is 0 Å². The Bertz CT molecular complexity index is 2490. The number of nitrogens with one attached hydrogen (secondary N) is 8. The summed E-state index contributed by atoms with van der Waals surface area (Å²) in [6, 6.07) is -3.70. The van der Waals surface area contributed by atoms with E-state index in [0.29, 0.717) is 30.5 Å². The van der Waals surface area contributed by atoms with Crippen molar-refractivity contribution in [3.63, 3.8) is 0 Å². The summed E-state index contributed by atoms with van der Waals surface area (Å²) < 4.78 is 0. The summed E-state index contributed by atoms with van der Waals surface area (Å²) in [4.78, 5) is 160. The highest BCUT2D eigenvalue weighted by Gasteiger charge is 2.39. The van der Waals surface area contributed by atoms with E-state index in [1.165, 1.54) is 17.4 Å². The molecule has 0 radical (unpaired) electrons. The van der Waals surface area contributed by atoms with Crippen LogP contribution in [-0.4, -0.2) is 170 Å². The number of H-pyrrole nitrogens is 1. The Hall–Kier alpha value is -8.21. The topological polar surface area (TPSA) is 487 Å². The summed E-state index contributed by atoms with van der Waals surface area (Å²) in [5, 5.41) is 38.0. The van der Waals surface area contributed by atoms with Crippen molar-refractivity contribution in [1.29, 1.82) is 0 Å². The number of aromatic nitrogens is 2. The summed E-state index contributed by atoms with van der Waals surface area (Å²) in [5.74, 6) is -11.3. The molecule has 29 nitrogen and oxygen atoms in total. The van der Waals surface area contributed by atoms with Crippen LogP contribution in [-0.2, 0) is 65.6 Å². The molecule has 1 saturated heterocycles. The average molecular weight is 1150 g/mol. The van der Waals surface area contributed by atoms with Gasteiger partial charge in [-0.3, -0.25) is 52.9 Å². The number of primary amides is 1. The fourth-order valence-corrected chi connectivity index (χ4v) is 9.01. The Morgan fingerprint density at radius 2 is 1.28 bits per heavy atom. The second-order valence-corrected chi connectivity index (χ2v) is 20.8. The van der Waals surface area contributed by atoms with E-state index < -0.39 is 132 Å². The van der Waals surface area contributed by atoms with Gasteiger partial charge in [0.2, 0.25) is 53.2 Å². The molecule has 1 fully saturated rings. The number of nitrogens with two attached hydrogens (primary N) is 5. The first-order valence-corrected chi connectivity index (χ1v) is 27.5. The van der Waals surface area contributed by atoms with Crippen molar-refractivity contribution in [2.24, 2.45) is 45.5 Å². The van der Waals surface area contributed by atoms with Crippen molar-refractivity contribution in [3.8, 4) is 0 Å². The zero-order valence-electron chi connectivity index (χ0n) is 47.0. The third-order valence-electron chi connectivity index (χ3n) is 13.7. The summed E-state index contributed by atoms with van der Waals surface area (Å²) >= 11 is 0. The maximum atomic E-state index is 14.4. The molecule has 20 N–H and O–H groups in total. The number of carbonyl (C=O) groups excluding carboxylic acids is 9. The predicted octanol–water partition coefficient (Wildman–Crippen LogP) is -2.99. The molecule has 1 aliphatic rings. The highest BCUT2D eigenvalue weighted by atomic mass is 16.4. The number of likely N-dealkylation sites (tertiary alicyclic amines) is 1. The van der Waals surface area contributed by atoms with Crippen molar-refractivity contribution in [3.05, 3.63) is 54.1 Å². The van der Waals surface area contributed by atoms with Crippen LogP contribution in [0, 0.1) is 11.8 Å². The highest BCUT2D eigenvalue weighted by Crippen LogP contribution is 2.20. The molecule has 82 heavy (non-hydrogen) atoms. The van der Waals surface area contributed by atoms with Gasteiger partial charge in [0, 0.05) is 44.2 Å². The van der Waals surface area contributed by atoms with Crippen LogP contribution in [0.5, 0.6) is 0 Å². The first-order valence-electron chi connectivity index (χ1n) is 27.5. The van der Waals surface area contributed by atoms with Crippen LogP contribution >= 0.6 is 0 Å². The van der Waals surface area contributed by atoms with E-state index in [4.69, 9.17) is 28.7 Å². The van der Waals surface area contributed by atoms with Crippen molar-refractivity contribution < 1.29 is 63.0 Å². The van der Waals surface area contributed by atoms with Gasteiger partial charge < -0.3 is 86.0 Å². The van der Waals surface area contributed by atoms with E-state index in [-0.39, 0.29) is 95.7 Å². The Kier molecular flexibility index (Phi) is 28.9. The van der Waals surface area contributed by atoms with Crippen LogP contribution < -0.4 is 65.9 Å². The SMILES string of the molecule is CC[C@H](C)[C@H](NC(=O)[C@H](CCCN=C(N)N)NC(=O)[C@H](Cc1cnc[nH]1)NC(=O)[C@H](CC(=O)O)NC(=O)[C@H](CCCCN)NC(=O)[C@H](CC(C)C)NC(=O)[C@H](Cc1ccccc1)NC(=O)[C@@H]1CCCN1C(=O)[C@@H](N)CCC(N)=O)C(=O)O. The maximum absolute atomic E-state index is 14.4. The number of carboxylic acid groups (broad SMARTS) is 2. The molecule has 10 atom stereocenters. The smallest absolute Gasteiger partial charge is 0.326 e. The first-order chi connectivity index (χ1) is 38.8. The van der Waals surface area contributed by atoms with Gasteiger partial charge in [0.15, 0.2) is 5.96 Å². The minimum absolute atomic E-state index is 0.0232. The number of carbonyl (C=O) groups is 11. The quantitative estimate of drug-likeness (QED) is 0.0182. The number of guanidine groups is 1. The third-order valence-corrected chi connectivity index (χ3v) is 13.7. The molecular formula is C53H84N16O13. The summed E-state index contributed by atoms with van der Waals surface area (Å²) in [6.07, 6.45) is 2.79. The minimum Gasteiger partial charge on any atom is -0.481 e. The summed E-state index contributed by atoms with van der Waals surface area (Å²) in [7, 11) is 0. The second-order valence-electron chi connectivity index (χ2n) is 20.8. The van der Waals surface area contributed by atoms with Crippen molar-refractivity contribution >= 4 is 71.1 Å². The van der Waals surface area contributed by atoms with Gasteiger partial charge in [0.05, 0.1) is 18.8 Å². The maximum Gasteiger partial charge on any atom is 0.326 e. The molecule has 0 unspecified atom stereocenters. The van der Waals surface area contributed by atoms with Gasteiger partial charge in [-0.15, -0.1) is 0 Å². The van der Waals surface area contributed by atoms with Gasteiger partial charge in [-0.2, -0.15) is 0 Å². The van der Waals surface area contributed by atoms with Gasteiger partial charge in [-0.1, -0.05) is 64.4 Å². The molecule has 1 aromatic heterocycles. The van der Waals surface area contributed by atoms with Gasteiger partial charge in [0.25, 0.3) is 0 Å². The van der Waals surface area contributed by atoms with Crippen LogP contribution in [0.2, 0.25) is 0 Å². The molecule has 0 saturated carbocycles. The molecule has 0 aliphatic carbocycles. The Morgan fingerprint density at radius 1 is 0.720 bits per heavy atom. The van der Waals surface area contributed by atoms with Crippen molar-refractivity contribution in [1.82, 2.24) is 52.1 Å².